The largest absolute Gasteiger partial charge is 0.322 e. The number of carbonyl (C=O) groups excluding carboxylic acids is 1. The first-order chi connectivity index (χ1) is 13.3. The van der Waals surface area contributed by atoms with Crippen molar-refractivity contribution in [1.82, 2.24) is 0 Å². The number of nitrogens with one attached hydrogen (secondary N) is 2. The minimum Gasteiger partial charge on any atom is -0.322 e. The summed E-state index contributed by atoms with van der Waals surface area (Å²) in [5.41, 5.74) is 0.962. The lowest BCUT2D eigenvalue weighted by atomic mass is 10.2. The summed E-state index contributed by atoms with van der Waals surface area (Å²) in [6.07, 6.45) is 0. The number of rotatable bonds is 5. The Morgan fingerprint density at radius 3 is 2.36 bits per heavy atom. The highest BCUT2D eigenvalue weighted by Gasteiger charge is 2.19. The van der Waals surface area contributed by atoms with Gasteiger partial charge in [-0.15, -0.1) is 0 Å². The predicted octanol–water partition coefficient (Wildman–Crippen LogP) is 4.84. The fourth-order valence-electron chi connectivity index (χ4n) is 2.52. The van der Waals surface area contributed by atoms with E-state index in [2.05, 4.69) is 10.0 Å². The molecule has 2 N–H and O–H groups in total. The van der Waals surface area contributed by atoms with Crippen molar-refractivity contribution in [3.05, 3.63) is 88.7 Å². The summed E-state index contributed by atoms with van der Waals surface area (Å²) in [6, 6.07) is 16.2. The summed E-state index contributed by atoms with van der Waals surface area (Å²) in [4.78, 5) is 12.3. The zero-order valence-corrected chi connectivity index (χ0v) is 16.3. The van der Waals surface area contributed by atoms with E-state index in [-0.39, 0.29) is 10.6 Å². The van der Waals surface area contributed by atoms with E-state index in [1.165, 1.54) is 24.3 Å². The van der Waals surface area contributed by atoms with Gasteiger partial charge in [0.2, 0.25) is 0 Å². The van der Waals surface area contributed by atoms with Crippen molar-refractivity contribution in [1.29, 1.82) is 0 Å². The quantitative estimate of drug-likeness (QED) is 0.622. The van der Waals surface area contributed by atoms with Gasteiger partial charge in [0.25, 0.3) is 15.9 Å². The van der Waals surface area contributed by atoms with Crippen molar-refractivity contribution in [2.24, 2.45) is 0 Å². The monoisotopic (exact) mass is 418 g/mol. The van der Waals surface area contributed by atoms with Crippen molar-refractivity contribution in [2.45, 2.75) is 11.8 Å². The molecule has 0 aliphatic heterocycles. The molecular formula is C20H16ClFN2O3S. The molecule has 0 saturated carbocycles. The fourth-order valence-corrected chi connectivity index (χ4v) is 3.98. The van der Waals surface area contributed by atoms with Gasteiger partial charge in [0, 0.05) is 16.3 Å². The van der Waals surface area contributed by atoms with E-state index in [1.807, 2.05) is 0 Å². The van der Waals surface area contributed by atoms with Crippen LogP contribution in [-0.4, -0.2) is 14.3 Å². The average Bonchev–Trinajstić information content (AvgIpc) is 2.65. The summed E-state index contributed by atoms with van der Waals surface area (Å²) in [6.45, 7) is 1.61. The number of halogens is 2. The maximum atomic E-state index is 13.8. The second-order valence-electron chi connectivity index (χ2n) is 6.03. The molecular weight excluding hydrogens is 403 g/mol. The highest BCUT2D eigenvalue weighted by molar-refractivity contribution is 7.92. The molecule has 0 spiro atoms. The molecule has 0 aliphatic rings. The second kappa shape index (κ2) is 8.00. The third-order valence-electron chi connectivity index (χ3n) is 3.96. The van der Waals surface area contributed by atoms with Gasteiger partial charge in [0.05, 0.1) is 10.6 Å². The first-order valence-electron chi connectivity index (χ1n) is 8.21. The van der Waals surface area contributed by atoms with E-state index in [4.69, 9.17) is 11.6 Å². The molecule has 0 atom stereocenters. The number of hydrogen-bond acceptors (Lipinski definition) is 3. The molecule has 3 aromatic rings. The molecule has 0 saturated heterocycles. The number of hydrogen-bond donors (Lipinski definition) is 2. The van der Waals surface area contributed by atoms with Crippen molar-refractivity contribution >= 4 is 38.9 Å². The normalized spacial score (nSPS) is 11.1. The molecule has 3 rings (SSSR count). The van der Waals surface area contributed by atoms with Crippen LogP contribution in [0.5, 0.6) is 0 Å². The Morgan fingerprint density at radius 2 is 1.68 bits per heavy atom. The number of carbonyl (C=O) groups is 1. The standard InChI is InChI=1S/C20H16ClFN2O3S/c1-13-6-11-16(23-20(25)14-7-9-15(21)10-8-14)12-19(13)28(26,27)24-18-5-3-2-4-17(18)22/h2-12,24H,1H3,(H,23,25). The summed E-state index contributed by atoms with van der Waals surface area (Å²) < 4.78 is 41.5. The van der Waals surface area contributed by atoms with Gasteiger partial charge in [-0.2, -0.15) is 0 Å². The minimum atomic E-state index is -4.05. The van der Waals surface area contributed by atoms with Crippen molar-refractivity contribution in [3.8, 4) is 0 Å². The molecule has 0 unspecified atom stereocenters. The topological polar surface area (TPSA) is 75.3 Å². The van der Waals surface area contributed by atoms with Crippen molar-refractivity contribution in [2.75, 3.05) is 10.0 Å². The first-order valence-corrected chi connectivity index (χ1v) is 10.1. The predicted molar refractivity (Wildman–Crippen MR) is 108 cm³/mol. The summed E-state index contributed by atoms with van der Waals surface area (Å²) >= 11 is 5.81. The minimum absolute atomic E-state index is 0.0651. The summed E-state index contributed by atoms with van der Waals surface area (Å²) in [5, 5.41) is 3.14. The van der Waals surface area contributed by atoms with Crippen LogP contribution >= 0.6 is 11.6 Å². The lowest BCUT2D eigenvalue weighted by Crippen LogP contribution is -2.17. The van der Waals surface area contributed by atoms with Gasteiger partial charge in [-0.3, -0.25) is 9.52 Å². The molecule has 144 valence electrons. The molecule has 0 radical (unpaired) electrons. The molecule has 28 heavy (non-hydrogen) atoms. The van der Waals surface area contributed by atoms with Crippen LogP contribution in [0.15, 0.2) is 71.6 Å². The summed E-state index contributed by atoms with van der Waals surface area (Å²) in [5.74, 6) is -1.10. The van der Waals surface area contributed by atoms with Gasteiger partial charge >= 0.3 is 0 Å². The van der Waals surface area contributed by atoms with Crippen LogP contribution < -0.4 is 10.0 Å². The van der Waals surface area contributed by atoms with E-state index in [0.717, 1.165) is 6.07 Å². The van der Waals surface area contributed by atoms with Crippen molar-refractivity contribution in [3.63, 3.8) is 0 Å². The zero-order chi connectivity index (χ0) is 20.3. The fraction of sp³-hybridized carbons (Fsp3) is 0.0500. The van der Waals surface area contributed by atoms with E-state index < -0.39 is 21.7 Å². The van der Waals surface area contributed by atoms with Crippen LogP contribution in [0.1, 0.15) is 15.9 Å². The second-order valence-corrected chi connectivity index (χ2v) is 8.11. The number of anilines is 2. The lowest BCUT2D eigenvalue weighted by molar-refractivity contribution is 0.102. The zero-order valence-electron chi connectivity index (χ0n) is 14.7. The van der Waals surface area contributed by atoms with E-state index in [0.29, 0.717) is 21.8 Å². The van der Waals surface area contributed by atoms with Crippen LogP contribution in [0, 0.1) is 12.7 Å². The number of aryl methyl sites for hydroxylation is 1. The SMILES string of the molecule is Cc1ccc(NC(=O)c2ccc(Cl)cc2)cc1S(=O)(=O)Nc1ccccc1F. The summed E-state index contributed by atoms with van der Waals surface area (Å²) in [7, 11) is -4.05. The molecule has 1 amide bonds. The number of benzene rings is 3. The van der Waals surface area contributed by atoms with Crippen LogP contribution in [0.2, 0.25) is 5.02 Å². The Balaban J connectivity index is 1.87. The molecule has 0 fully saturated rings. The highest BCUT2D eigenvalue weighted by Crippen LogP contribution is 2.24. The highest BCUT2D eigenvalue weighted by atomic mass is 35.5. The maximum Gasteiger partial charge on any atom is 0.262 e. The van der Waals surface area contributed by atoms with Gasteiger partial charge in [0.1, 0.15) is 5.82 Å². The first kappa shape index (κ1) is 19.9. The molecule has 0 aliphatic carbocycles. The molecule has 0 heterocycles. The van der Waals surface area contributed by atoms with E-state index in [9.17, 15) is 17.6 Å². The van der Waals surface area contributed by atoms with Gasteiger partial charge in [-0.1, -0.05) is 29.8 Å². The van der Waals surface area contributed by atoms with Crippen LogP contribution in [0.4, 0.5) is 15.8 Å². The number of sulfonamides is 1. The Morgan fingerprint density at radius 1 is 1.00 bits per heavy atom. The Hall–Kier alpha value is -2.90. The Labute approximate surface area is 167 Å². The van der Waals surface area contributed by atoms with Crippen LogP contribution in [0.3, 0.4) is 0 Å². The Kier molecular flexibility index (Phi) is 5.67. The smallest absolute Gasteiger partial charge is 0.262 e. The number of amides is 1. The Bertz CT molecular complexity index is 1130. The van der Waals surface area contributed by atoms with Gasteiger partial charge in [0.15, 0.2) is 0 Å². The van der Waals surface area contributed by atoms with Gasteiger partial charge < -0.3 is 5.32 Å². The molecule has 8 heteroatoms. The lowest BCUT2D eigenvalue weighted by Gasteiger charge is -2.13. The third kappa shape index (κ3) is 4.49. The molecule has 0 aromatic heterocycles. The van der Waals surface area contributed by atoms with Gasteiger partial charge in [-0.25, -0.2) is 12.8 Å². The van der Waals surface area contributed by atoms with E-state index >= 15 is 0 Å². The van der Waals surface area contributed by atoms with E-state index in [1.54, 1.807) is 43.3 Å². The average molecular weight is 419 g/mol. The third-order valence-corrected chi connectivity index (χ3v) is 5.72. The number of para-hydroxylation sites is 1. The van der Waals surface area contributed by atoms with Gasteiger partial charge in [-0.05, 0) is 61.0 Å². The maximum absolute atomic E-state index is 13.8. The molecule has 5 nitrogen and oxygen atoms in total. The molecule has 3 aromatic carbocycles. The molecule has 0 bridgehead atoms. The van der Waals surface area contributed by atoms with Crippen molar-refractivity contribution < 1.29 is 17.6 Å². The van der Waals surface area contributed by atoms with Crippen LogP contribution in [0.25, 0.3) is 0 Å². The van der Waals surface area contributed by atoms with Crippen LogP contribution in [-0.2, 0) is 10.0 Å².